The topological polar surface area (TPSA) is 21.3 Å². The summed E-state index contributed by atoms with van der Waals surface area (Å²) >= 11 is 1.79. The van der Waals surface area contributed by atoms with E-state index < -0.39 is 0 Å². The van der Waals surface area contributed by atoms with E-state index in [0.717, 1.165) is 32.4 Å². The maximum absolute atomic E-state index is 5.87. The van der Waals surface area contributed by atoms with Gasteiger partial charge in [-0.3, -0.25) is 0 Å². The van der Waals surface area contributed by atoms with E-state index in [4.69, 9.17) is 4.74 Å². The molecule has 1 aliphatic heterocycles. The molecule has 0 radical (unpaired) electrons. The molecule has 2 heterocycles. The number of aryl methyl sites for hydroxylation is 1. The molecule has 0 amide bonds. The van der Waals surface area contributed by atoms with E-state index in [-0.39, 0.29) is 5.60 Å². The number of thiophene rings is 1. The number of ether oxygens (including phenoxy) is 1. The summed E-state index contributed by atoms with van der Waals surface area (Å²) < 4.78 is 5.87. The van der Waals surface area contributed by atoms with Gasteiger partial charge in [-0.05, 0) is 55.0 Å². The molecular formula is C14H23NOS. The molecule has 2 unspecified atom stereocenters. The van der Waals surface area contributed by atoms with Crippen LogP contribution in [0.1, 0.15) is 44.2 Å². The Morgan fingerprint density at radius 3 is 3.00 bits per heavy atom. The molecule has 0 bridgehead atoms. The van der Waals surface area contributed by atoms with Crippen molar-refractivity contribution in [2.45, 2.75) is 58.2 Å². The number of rotatable bonds is 4. The monoisotopic (exact) mass is 253 g/mol. The lowest BCUT2D eigenvalue weighted by atomic mass is 9.90. The van der Waals surface area contributed by atoms with E-state index in [1.807, 2.05) is 0 Å². The largest absolute Gasteiger partial charge is 0.375 e. The summed E-state index contributed by atoms with van der Waals surface area (Å²) in [5.74, 6) is 0. The first-order chi connectivity index (χ1) is 8.13. The standard InChI is InChI=1S/C14H23NOS/c1-4-14(3)7-13(5-6-16-14)15-8-12-10-17-9-11(12)2/h9-10,13,15H,4-8H2,1-3H3. The van der Waals surface area contributed by atoms with Gasteiger partial charge in [0, 0.05) is 19.2 Å². The Balaban J connectivity index is 1.85. The number of hydrogen-bond donors (Lipinski definition) is 1. The Hall–Kier alpha value is -0.380. The highest BCUT2D eigenvalue weighted by molar-refractivity contribution is 7.08. The average molecular weight is 253 g/mol. The lowest BCUT2D eigenvalue weighted by Crippen LogP contribution is -2.44. The molecule has 0 saturated carbocycles. The number of hydrogen-bond acceptors (Lipinski definition) is 3. The fraction of sp³-hybridized carbons (Fsp3) is 0.714. The Bertz CT molecular complexity index is 363. The minimum absolute atomic E-state index is 0.0829. The van der Waals surface area contributed by atoms with Gasteiger partial charge in [-0.1, -0.05) is 6.92 Å². The average Bonchev–Trinajstić information content (AvgIpc) is 2.73. The fourth-order valence-corrected chi connectivity index (χ4v) is 3.23. The molecule has 17 heavy (non-hydrogen) atoms. The van der Waals surface area contributed by atoms with Crippen LogP contribution in [0.3, 0.4) is 0 Å². The van der Waals surface area contributed by atoms with E-state index in [9.17, 15) is 0 Å². The van der Waals surface area contributed by atoms with E-state index in [1.54, 1.807) is 11.3 Å². The molecule has 2 rings (SSSR count). The zero-order valence-electron chi connectivity index (χ0n) is 11.1. The second-order valence-electron chi connectivity index (χ2n) is 5.30. The van der Waals surface area contributed by atoms with Crippen LogP contribution in [-0.4, -0.2) is 18.2 Å². The Morgan fingerprint density at radius 2 is 2.35 bits per heavy atom. The van der Waals surface area contributed by atoms with Gasteiger partial charge in [0.1, 0.15) is 0 Å². The van der Waals surface area contributed by atoms with Crippen LogP contribution in [0.4, 0.5) is 0 Å². The smallest absolute Gasteiger partial charge is 0.0666 e. The fourth-order valence-electron chi connectivity index (χ4n) is 2.37. The summed E-state index contributed by atoms with van der Waals surface area (Å²) in [4.78, 5) is 0. The molecule has 0 aliphatic carbocycles. The minimum Gasteiger partial charge on any atom is -0.375 e. The zero-order valence-corrected chi connectivity index (χ0v) is 11.9. The van der Waals surface area contributed by atoms with Gasteiger partial charge in [0.05, 0.1) is 5.60 Å². The summed E-state index contributed by atoms with van der Waals surface area (Å²) in [6.45, 7) is 8.53. The van der Waals surface area contributed by atoms with Gasteiger partial charge in [-0.15, -0.1) is 0 Å². The van der Waals surface area contributed by atoms with E-state index in [1.165, 1.54) is 11.1 Å². The lowest BCUT2D eigenvalue weighted by Gasteiger charge is -2.38. The van der Waals surface area contributed by atoms with E-state index in [0.29, 0.717) is 6.04 Å². The SMILES string of the molecule is CCC1(C)CC(NCc2cscc2C)CCO1. The van der Waals surface area contributed by atoms with Crippen LogP contribution < -0.4 is 5.32 Å². The van der Waals surface area contributed by atoms with Gasteiger partial charge in [-0.2, -0.15) is 11.3 Å². The van der Waals surface area contributed by atoms with Crippen molar-refractivity contribution in [1.82, 2.24) is 5.32 Å². The quantitative estimate of drug-likeness (QED) is 0.887. The van der Waals surface area contributed by atoms with Gasteiger partial charge >= 0.3 is 0 Å². The third-order valence-electron chi connectivity index (χ3n) is 3.89. The molecular weight excluding hydrogens is 230 g/mol. The van der Waals surface area contributed by atoms with Gasteiger partial charge < -0.3 is 10.1 Å². The summed E-state index contributed by atoms with van der Waals surface area (Å²) in [5.41, 5.74) is 2.94. The van der Waals surface area contributed by atoms with Gasteiger partial charge in [0.25, 0.3) is 0 Å². The summed E-state index contributed by atoms with van der Waals surface area (Å²) in [5, 5.41) is 8.15. The molecule has 0 spiro atoms. The zero-order chi connectivity index (χ0) is 12.3. The maximum atomic E-state index is 5.87. The van der Waals surface area contributed by atoms with Gasteiger partial charge in [-0.25, -0.2) is 0 Å². The van der Waals surface area contributed by atoms with Crippen LogP contribution in [0.15, 0.2) is 10.8 Å². The minimum atomic E-state index is 0.0829. The predicted octanol–water partition coefficient (Wildman–Crippen LogP) is 3.49. The van der Waals surface area contributed by atoms with Crippen molar-refractivity contribution in [3.63, 3.8) is 0 Å². The van der Waals surface area contributed by atoms with Crippen LogP contribution in [0.25, 0.3) is 0 Å². The Morgan fingerprint density at radius 1 is 1.53 bits per heavy atom. The normalized spacial score (nSPS) is 29.5. The van der Waals surface area contributed by atoms with Crippen molar-refractivity contribution < 1.29 is 4.74 Å². The van der Waals surface area contributed by atoms with Crippen LogP contribution in [0.2, 0.25) is 0 Å². The highest BCUT2D eigenvalue weighted by Gasteiger charge is 2.31. The molecule has 1 N–H and O–H groups in total. The van der Waals surface area contributed by atoms with Gasteiger partial charge in [0.2, 0.25) is 0 Å². The van der Waals surface area contributed by atoms with Crippen LogP contribution in [-0.2, 0) is 11.3 Å². The van der Waals surface area contributed by atoms with Crippen molar-refractivity contribution in [3.8, 4) is 0 Å². The molecule has 1 fully saturated rings. The molecule has 2 atom stereocenters. The molecule has 3 heteroatoms. The Labute approximate surface area is 108 Å². The first kappa shape index (κ1) is 13.1. The molecule has 1 aromatic rings. The molecule has 1 aliphatic rings. The van der Waals surface area contributed by atoms with Gasteiger partial charge in [0.15, 0.2) is 0 Å². The van der Waals surface area contributed by atoms with E-state index >= 15 is 0 Å². The third-order valence-corrected chi connectivity index (χ3v) is 4.80. The first-order valence-electron chi connectivity index (χ1n) is 6.52. The number of nitrogens with one attached hydrogen (secondary N) is 1. The lowest BCUT2D eigenvalue weighted by molar-refractivity contribution is -0.0781. The van der Waals surface area contributed by atoms with Crippen molar-refractivity contribution in [1.29, 1.82) is 0 Å². The van der Waals surface area contributed by atoms with Crippen molar-refractivity contribution in [3.05, 3.63) is 21.9 Å². The Kier molecular flexibility index (Phi) is 4.23. The molecule has 2 nitrogen and oxygen atoms in total. The second kappa shape index (κ2) is 5.51. The second-order valence-corrected chi connectivity index (χ2v) is 6.05. The van der Waals surface area contributed by atoms with Crippen LogP contribution in [0.5, 0.6) is 0 Å². The highest BCUT2D eigenvalue weighted by atomic mass is 32.1. The van der Waals surface area contributed by atoms with Crippen molar-refractivity contribution in [2.24, 2.45) is 0 Å². The first-order valence-corrected chi connectivity index (χ1v) is 7.46. The predicted molar refractivity (Wildman–Crippen MR) is 73.6 cm³/mol. The molecule has 96 valence electrons. The van der Waals surface area contributed by atoms with Crippen LogP contribution in [0, 0.1) is 6.92 Å². The molecule has 0 aromatic carbocycles. The maximum Gasteiger partial charge on any atom is 0.0666 e. The van der Waals surface area contributed by atoms with Crippen molar-refractivity contribution in [2.75, 3.05) is 6.61 Å². The summed E-state index contributed by atoms with van der Waals surface area (Å²) in [6.07, 6.45) is 3.37. The summed E-state index contributed by atoms with van der Waals surface area (Å²) in [7, 11) is 0. The third kappa shape index (κ3) is 3.30. The van der Waals surface area contributed by atoms with E-state index in [2.05, 4.69) is 36.8 Å². The highest BCUT2D eigenvalue weighted by Crippen LogP contribution is 2.28. The summed E-state index contributed by atoms with van der Waals surface area (Å²) in [6, 6.07) is 0.605. The molecule has 1 aromatic heterocycles. The van der Waals surface area contributed by atoms with Crippen LogP contribution >= 0.6 is 11.3 Å². The molecule has 1 saturated heterocycles. The van der Waals surface area contributed by atoms with Crippen molar-refractivity contribution >= 4 is 11.3 Å².